The second-order valence-electron chi connectivity index (χ2n) is 9.91. The van der Waals surface area contributed by atoms with E-state index in [0.29, 0.717) is 32.2 Å². The van der Waals surface area contributed by atoms with E-state index in [-0.39, 0.29) is 49.7 Å². The smallest absolute Gasteiger partial charge is 0.256 e. The molecule has 0 aliphatic carbocycles. The molecule has 2 amide bonds. The molecule has 9 nitrogen and oxygen atoms in total. The Bertz CT molecular complexity index is 1240. The summed E-state index contributed by atoms with van der Waals surface area (Å²) in [5.74, 6) is -0.244. The van der Waals surface area contributed by atoms with Crippen molar-refractivity contribution in [2.45, 2.75) is 39.9 Å². The molecule has 2 aromatic carbocycles. The van der Waals surface area contributed by atoms with Crippen molar-refractivity contribution < 1.29 is 9.59 Å². The second-order valence-corrected chi connectivity index (χ2v) is 9.91. The van der Waals surface area contributed by atoms with E-state index in [9.17, 15) is 9.59 Å². The number of benzene rings is 2. The predicted molar refractivity (Wildman–Crippen MR) is 163 cm³/mol. The van der Waals surface area contributed by atoms with Crippen LogP contribution in [0.15, 0.2) is 61.1 Å². The Hall–Kier alpha value is -3.24. The van der Waals surface area contributed by atoms with E-state index in [1.165, 1.54) is 17.5 Å². The average molecular weight is 589 g/mol. The van der Waals surface area contributed by atoms with Crippen molar-refractivity contribution in [3.8, 4) is 11.3 Å². The van der Waals surface area contributed by atoms with E-state index < -0.39 is 0 Å². The summed E-state index contributed by atoms with van der Waals surface area (Å²) in [5.41, 5.74) is 6.08. The minimum Gasteiger partial charge on any atom is -0.376 e. The summed E-state index contributed by atoms with van der Waals surface area (Å²) in [6, 6.07) is 16.3. The minimum atomic E-state index is -0.131. The molecule has 0 bridgehead atoms. The molecule has 0 spiro atoms. The maximum atomic E-state index is 13.3. The van der Waals surface area contributed by atoms with Gasteiger partial charge in [0.05, 0.1) is 12.2 Å². The van der Waals surface area contributed by atoms with Crippen LogP contribution in [0.2, 0.25) is 0 Å². The lowest BCUT2D eigenvalue weighted by Gasteiger charge is -2.31. The van der Waals surface area contributed by atoms with E-state index in [0.717, 1.165) is 22.5 Å². The van der Waals surface area contributed by atoms with Crippen LogP contribution in [-0.4, -0.2) is 76.0 Å². The quantitative estimate of drug-likeness (QED) is 0.351. The zero-order valence-corrected chi connectivity index (χ0v) is 25.1. The Balaban J connectivity index is 0.00000280. The first kappa shape index (κ1) is 33.0. The number of aromatic nitrogens is 2. The molecule has 2 heterocycles. The van der Waals surface area contributed by atoms with Gasteiger partial charge in [-0.3, -0.25) is 14.6 Å². The number of nitrogens with zero attached hydrogens (tertiary/aromatic N) is 5. The number of hydrazine groups is 1. The Morgan fingerprint density at radius 1 is 1.02 bits per heavy atom. The summed E-state index contributed by atoms with van der Waals surface area (Å²) in [6.45, 7) is 8.64. The highest BCUT2D eigenvalue weighted by atomic mass is 35.5. The van der Waals surface area contributed by atoms with Crippen LogP contribution in [0.1, 0.15) is 30.5 Å². The van der Waals surface area contributed by atoms with E-state index in [4.69, 9.17) is 0 Å². The van der Waals surface area contributed by atoms with Crippen molar-refractivity contribution in [1.29, 1.82) is 0 Å². The van der Waals surface area contributed by atoms with E-state index in [2.05, 4.69) is 46.6 Å². The van der Waals surface area contributed by atoms with Gasteiger partial charge < -0.3 is 15.5 Å². The van der Waals surface area contributed by atoms with Crippen LogP contribution in [0.5, 0.6) is 0 Å². The van der Waals surface area contributed by atoms with Gasteiger partial charge in [-0.05, 0) is 35.7 Å². The lowest BCUT2D eigenvalue weighted by atomic mass is 10.1. The topological polar surface area (TPSA) is 93.7 Å². The van der Waals surface area contributed by atoms with Gasteiger partial charge in [0, 0.05) is 56.7 Å². The molecule has 4 rings (SSSR count). The van der Waals surface area contributed by atoms with Crippen molar-refractivity contribution in [1.82, 2.24) is 30.2 Å². The van der Waals surface area contributed by atoms with Crippen LogP contribution in [-0.2, 0) is 22.7 Å². The number of amides is 2. The molecule has 216 valence electrons. The summed E-state index contributed by atoms with van der Waals surface area (Å²) in [4.78, 5) is 36.5. The van der Waals surface area contributed by atoms with Gasteiger partial charge in [-0.2, -0.15) is 0 Å². The third-order valence-electron chi connectivity index (χ3n) is 6.77. The minimum absolute atomic E-state index is 0. The number of rotatable bonds is 11. The summed E-state index contributed by atoms with van der Waals surface area (Å²) in [6.07, 6.45) is 3.22. The Kier molecular flexibility index (Phi) is 12.8. The highest BCUT2D eigenvalue weighted by Crippen LogP contribution is 2.24. The van der Waals surface area contributed by atoms with E-state index in [1.807, 2.05) is 48.3 Å². The first-order valence-electron chi connectivity index (χ1n) is 13.0. The molecule has 11 heteroatoms. The van der Waals surface area contributed by atoms with Crippen LogP contribution in [0.3, 0.4) is 0 Å². The zero-order valence-electron chi connectivity index (χ0n) is 23.5. The SMILES string of the molecule is Cc1ccc(-c2ccncn2)cc1NCC(=O)N(CCNC(C)C)CC(=O)N(C)N1Cc2ccccc2C1.Cl.Cl. The van der Waals surface area contributed by atoms with Crippen molar-refractivity contribution >= 4 is 42.3 Å². The molecule has 2 N–H and O–H groups in total. The lowest BCUT2D eigenvalue weighted by molar-refractivity contribution is -0.151. The van der Waals surface area contributed by atoms with Gasteiger partial charge in [-0.25, -0.2) is 15.0 Å². The molecular weight excluding hydrogens is 549 g/mol. The number of hydrogen-bond acceptors (Lipinski definition) is 7. The number of fused-ring (bicyclic) bond motifs is 1. The highest BCUT2D eigenvalue weighted by molar-refractivity contribution is 5.87. The van der Waals surface area contributed by atoms with Crippen molar-refractivity contribution in [2.75, 3.05) is 38.5 Å². The number of aryl methyl sites for hydroxylation is 1. The van der Waals surface area contributed by atoms with Gasteiger partial charge in [0.25, 0.3) is 5.91 Å². The molecule has 3 aromatic rings. The van der Waals surface area contributed by atoms with Gasteiger partial charge >= 0.3 is 0 Å². The van der Waals surface area contributed by atoms with Gasteiger partial charge in [0.1, 0.15) is 12.9 Å². The summed E-state index contributed by atoms with van der Waals surface area (Å²) in [5, 5.41) is 10.3. The molecule has 0 unspecified atom stereocenters. The fraction of sp³-hybridized carbons (Fsp3) is 0.379. The Labute approximate surface area is 249 Å². The van der Waals surface area contributed by atoms with Crippen LogP contribution in [0, 0.1) is 6.92 Å². The number of nitrogens with one attached hydrogen (secondary N) is 2. The zero-order chi connectivity index (χ0) is 27.1. The molecule has 0 radical (unpaired) electrons. The van der Waals surface area contributed by atoms with Crippen LogP contribution in [0.4, 0.5) is 5.69 Å². The highest BCUT2D eigenvalue weighted by Gasteiger charge is 2.27. The van der Waals surface area contributed by atoms with Crippen molar-refractivity contribution in [2.24, 2.45) is 0 Å². The molecular formula is C29H39Cl2N7O2. The van der Waals surface area contributed by atoms with Crippen LogP contribution in [0.25, 0.3) is 11.3 Å². The fourth-order valence-electron chi connectivity index (χ4n) is 4.45. The van der Waals surface area contributed by atoms with E-state index in [1.54, 1.807) is 23.2 Å². The Morgan fingerprint density at radius 2 is 1.73 bits per heavy atom. The molecule has 1 aromatic heterocycles. The molecule has 0 atom stereocenters. The van der Waals surface area contributed by atoms with Crippen LogP contribution < -0.4 is 10.6 Å². The summed E-state index contributed by atoms with van der Waals surface area (Å²) >= 11 is 0. The normalized spacial score (nSPS) is 12.2. The molecule has 0 saturated carbocycles. The van der Waals surface area contributed by atoms with Gasteiger partial charge in [0.2, 0.25) is 5.91 Å². The van der Waals surface area contributed by atoms with Gasteiger partial charge in [-0.15, -0.1) is 24.8 Å². The molecule has 0 fully saturated rings. The summed E-state index contributed by atoms with van der Waals surface area (Å²) < 4.78 is 0. The number of carbonyl (C=O) groups is 2. The third-order valence-corrected chi connectivity index (χ3v) is 6.77. The maximum absolute atomic E-state index is 13.3. The average Bonchev–Trinajstić information content (AvgIpc) is 3.36. The lowest BCUT2D eigenvalue weighted by Crippen LogP contribution is -2.49. The van der Waals surface area contributed by atoms with Crippen molar-refractivity contribution in [3.05, 3.63) is 77.7 Å². The van der Waals surface area contributed by atoms with Crippen molar-refractivity contribution in [3.63, 3.8) is 0 Å². The number of halogens is 2. The standard InChI is InChI=1S/C29H37N7O2.2ClH/c1-21(2)31-13-14-35(19-29(38)34(4)36-17-24-7-5-6-8-25(24)18-36)28(37)16-32-27-15-23(10-9-22(27)3)26-11-12-30-20-33-26;;/h5-12,15,20-21,31-32H,13-14,16-19H2,1-4H3;2*1H. The Morgan fingerprint density at radius 3 is 2.35 bits per heavy atom. The van der Waals surface area contributed by atoms with Gasteiger partial charge in [-0.1, -0.05) is 50.2 Å². The number of hydrogen-bond donors (Lipinski definition) is 2. The first-order valence-corrected chi connectivity index (χ1v) is 13.0. The molecule has 40 heavy (non-hydrogen) atoms. The number of likely N-dealkylation sites (N-methyl/N-ethyl adjacent to an activating group) is 1. The molecule has 1 aliphatic rings. The second kappa shape index (κ2) is 15.5. The summed E-state index contributed by atoms with van der Waals surface area (Å²) in [7, 11) is 1.78. The molecule has 0 saturated heterocycles. The number of anilines is 1. The fourth-order valence-corrected chi connectivity index (χ4v) is 4.45. The first-order chi connectivity index (χ1) is 18.3. The monoisotopic (exact) mass is 587 g/mol. The predicted octanol–water partition coefficient (Wildman–Crippen LogP) is 3.92. The van der Waals surface area contributed by atoms with E-state index >= 15 is 0 Å². The van der Waals surface area contributed by atoms with Gasteiger partial charge in [0.15, 0.2) is 0 Å². The maximum Gasteiger partial charge on any atom is 0.256 e. The molecule has 1 aliphatic heterocycles. The third kappa shape index (κ3) is 8.63. The largest absolute Gasteiger partial charge is 0.376 e. The van der Waals surface area contributed by atoms with Crippen LogP contribution >= 0.6 is 24.8 Å². The number of carbonyl (C=O) groups excluding carboxylic acids is 2.